The number of rotatable bonds is 4. The van der Waals surface area contributed by atoms with E-state index in [0.29, 0.717) is 13.0 Å². The average Bonchev–Trinajstić information content (AvgIpc) is 2.03. The van der Waals surface area contributed by atoms with Crippen molar-refractivity contribution in [1.82, 2.24) is 4.90 Å². The molecule has 0 radical (unpaired) electrons. The van der Waals surface area contributed by atoms with Crippen LogP contribution in [0.25, 0.3) is 0 Å². The number of hydrogen-bond donors (Lipinski definition) is 1. The normalized spacial score (nSPS) is 8.75. The van der Waals surface area contributed by atoms with Crippen molar-refractivity contribution in [3.63, 3.8) is 0 Å². The van der Waals surface area contributed by atoms with Gasteiger partial charge in [-0.3, -0.25) is 4.55 Å². The van der Waals surface area contributed by atoms with Gasteiger partial charge < -0.3 is 4.90 Å². The Kier molecular flexibility index (Phi) is 17.1. The summed E-state index contributed by atoms with van der Waals surface area (Å²) in [5.41, 5.74) is 0. The highest BCUT2D eigenvalue weighted by Crippen LogP contribution is 1.88. The first kappa shape index (κ1) is 20.1. The molecule has 94 valence electrons. The maximum atomic E-state index is 10.1. The molecular weight excluding hydrogens is 242 g/mol. The Bertz CT molecular complexity index is 298. The average molecular weight is 255 g/mol. The maximum absolute atomic E-state index is 10.1. The molecule has 0 aromatic rings. The quantitative estimate of drug-likeness (QED) is 0.611. The van der Waals surface area contributed by atoms with Crippen molar-refractivity contribution in [2.75, 3.05) is 26.4 Å². The molecule has 0 unspecified atom stereocenters. The Labute approximate surface area is 93.0 Å². The molecule has 1 N–H and O–H groups in total. The van der Waals surface area contributed by atoms with Gasteiger partial charge in [-0.1, -0.05) is 0 Å². The van der Waals surface area contributed by atoms with Gasteiger partial charge in [0.2, 0.25) is 0 Å². The smallest absolute Gasteiger partial charge is 0.309 e. The van der Waals surface area contributed by atoms with E-state index in [1.54, 1.807) is 0 Å². The van der Waals surface area contributed by atoms with Gasteiger partial charge in [0.15, 0.2) is 0 Å². The number of nitrogens with zero attached hydrogens (tertiary/aromatic N) is 1. The fourth-order valence-corrected chi connectivity index (χ4v) is 1.06. The fraction of sp³-hybridized carbons (Fsp3) is 0.714. The lowest BCUT2D eigenvalue weighted by molar-refractivity contribution is -0.193. The molecule has 0 spiro atoms. The zero-order valence-electron chi connectivity index (χ0n) is 8.87. The standard InChI is InChI=1S/C5H13NO3S.2CO2/c1-6(2)4-3-5-10(7,8)9;2*2-1-3/h3-5H2,1-2H3,(H,7,8,9);;. The first-order valence-corrected chi connectivity index (χ1v) is 5.44. The minimum absolute atomic E-state index is 0.148. The molecule has 0 fully saturated rings. The van der Waals surface area contributed by atoms with Crippen molar-refractivity contribution in [3.8, 4) is 0 Å². The molecule has 0 saturated heterocycles. The van der Waals surface area contributed by atoms with Crippen molar-refractivity contribution in [2.24, 2.45) is 0 Å². The van der Waals surface area contributed by atoms with Gasteiger partial charge in [0, 0.05) is 0 Å². The van der Waals surface area contributed by atoms with Gasteiger partial charge in [-0.05, 0) is 27.1 Å². The fourth-order valence-electron chi connectivity index (χ4n) is 0.563. The van der Waals surface area contributed by atoms with Crippen LogP contribution in [-0.4, -0.2) is 56.6 Å². The monoisotopic (exact) mass is 255 g/mol. The Morgan fingerprint density at radius 3 is 1.56 bits per heavy atom. The summed E-state index contributed by atoms with van der Waals surface area (Å²) in [5.74, 6) is -0.148. The molecule has 0 aliphatic heterocycles. The molecule has 8 nitrogen and oxygen atoms in total. The van der Waals surface area contributed by atoms with Gasteiger partial charge >= 0.3 is 12.3 Å². The van der Waals surface area contributed by atoms with Crippen LogP contribution in [0.15, 0.2) is 0 Å². The van der Waals surface area contributed by atoms with Crippen LogP contribution >= 0.6 is 0 Å². The lowest BCUT2D eigenvalue weighted by atomic mass is 10.5. The Hall–Kier alpha value is -1.37. The molecule has 0 amide bonds. The summed E-state index contributed by atoms with van der Waals surface area (Å²) in [6.45, 7) is 0.680. The van der Waals surface area contributed by atoms with Gasteiger partial charge in [0.1, 0.15) is 0 Å². The lowest BCUT2D eigenvalue weighted by Crippen LogP contribution is -2.16. The Balaban J connectivity index is -0.000000235. The maximum Gasteiger partial charge on any atom is 0.373 e. The van der Waals surface area contributed by atoms with E-state index in [-0.39, 0.29) is 18.1 Å². The van der Waals surface area contributed by atoms with E-state index in [4.69, 9.17) is 23.7 Å². The summed E-state index contributed by atoms with van der Waals surface area (Å²) in [4.78, 5) is 34.4. The van der Waals surface area contributed by atoms with E-state index < -0.39 is 10.1 Å². The van der Waals surface area contributed by atoms with Crippen molar-refractivity contribution in [2.45, 2.75) is 6.42 Å². The van der Waals surface area contributed by atoms with Crippen LogP contribution in [0.5, 0.6) is 0 Å². The second-order valence-corrected chi connectivity index (χ2v) is 4.18. The predicted octanol–water partition coefficient (Wildman–Crippen LogP) is -1.34. The van der Waals surface area contributed by atoms with Gasteiger partial charge in [0.25, 0.3) is 10.1 Å². The highest BCUT2D eigenvalue weighted by molar-refractivity contribution is 7.85. The van der Waals surface area contributed by atoms with Crippen molar-refractivity contribution in [3.05, 3.63) is 0 Å². The van der Waals surface area contributed by atoms with E-state index in [9.17, 15) is 8.42 Å². The van der Waals surface area contributed by atoms with Gasteiger partial charge in [-0.2, -0.15) is 27.6 Å². The molecule has 0 aromatic carbocycles. The highest BCUT2D eigenvalue weighted by atomic mass is 32.2. The molecule has 0 aliphatic rings. The third-order valence-corrected chi connectivity index (χ3v) is 1.81. The SMILES string of the molecule is CN(C)CCCS(=O)(=O)O.O=C=O.O=C=O. The second-order valence-electron chi connectivity index (χ2n) is 2.61. The Morgan fingerprint density at radius 1 is 1.06 bits per heavy atom. The van der Waals surface area contributed by atoms with Crippen LogP contribution in [0.4, 0.5) is 0 Å². The van der Waals surface area contributed by atoms with Crippen LogP contribution in [0.3, 0.4) is 0 Å². The molecule has 0 atom stereocenters. The number of carbonyl (C=O) groups excluding carboxylic acids is 4. The minimum atomic E-state index is -3.75. The van der Waals surface area contributed by atoms with E-state index >= 15 is 0 Å². The van der Waals surface area contributed by atoms with Crippen molar-refractivity contribution in [1.29, 1.82) is 0 Å². The Morgan fingerprint density at radius 2 is 1.38 bits per heavy atom. The summed E-state index contributed by atoms with van der Waals surface area (Å²) in [5, 5.41) is 0. The zero-order chi connectivity index (χ0) is 13.6. The summed E-state index contributed by atoms with van der Waals surface area (Å²) in [6.07, 6.45) is 0.978. The van der Waals surface area contributed by atoms with Gasteiger partial charge in [-0.15, -0.1) is 0 Å². The summed E-state index contributed by atoms with van der Waals surface area (Å²) in [7, 11) is -0.0441. The van der Waals surface area contributed by atoms with Crippen LogP contribution in [-0.2, 0) is 29.3 Å². The van der Waals surface area contributed by atoms with E-state index in [2.05, 4.69) is 0 Å². The molecular formula is C7H13NO7S. The topological polar surface area (TPSA) is 126 Å². The summed E-state index contributed by atoms with van der Waals surface area (Å²) < 4.78 is 28.6. The molecule has 0 aliphatic carbocycles. The largest absolute Gasteiger partial charge is 0.373 e. The molecule has 0 aromatic heterocycles. The van der Waals surface area contributed by atoms with E-state index in [0.717, 1.165) is 0 Å². The van der Waals surface area contributed by atoms with Crippen LogP contribution in [0, 0.1) is 0 Å². The van der Waals surface area contributed by atoms with E-state index in [1.165, 1.54) is 0 Å². The third kappa shape index (κ3) is 53.9. The summed E-state index contributed by atoms with van der Waals surface area (Å²) >= 11 is 0. The summed E-state index contributed by atoms with van der Waals surface area (Å²) in [6, 6.07) is 0. The van der Waals surface area contributed by atoms with Crippen LogP contribution in [0.1, 0.15) is 6.42 Å². The number of hydrogen-bond acceptors (Lipinski definition) is 7. The first-order chi connectivity index (χ1) is 7.24. The molecule has 16 heavy (non-hydrogen) atoms. The van der Waals surface area contributed by atoms with Crippen molar-refractivity contribution >= 4 is 22.4 Å². The molecule has 0 bridgehead atoms. The van der Waals surface area contributed by atoms with E-state index in [1.807, 2.05) is 19.0 Å². The van der Waals surface area contributed by atoms with Crippen LogP contribution in [0.2, 0.25) is 0 Å². The third-order valence-electron chi connectivity index (χ3n) is 1.01. The molecule has 0 heterocycles. The van der Waals surface area contributed by atoms with Crippen LogP contribution < -0.4 is 0 Å². The highest BCUT2D eigenvalue weighted by Gasteiger charge is 2.02. The molecule has 9 heteroatoms. The van der Waals surface area contributed by atoms with Gasteiger partial charge in [0.05, 0.1) is 5.75 Å². The lowest BCUT2D eigenvalue weighted by Gasteiger charge is -2.06. The van der Waals surface area contributed by atoms with Gasteiger partial charge in [-0.25, -0.2) is 0 Å². The van der Waals surface area contributed by atoms with Crippen molar-refractivity contribution < 1.29 is 32.1 Å². The minimum Gasteiger partial charge on any atom is -0.309 e. The zero-order valence-corrected chi connectivity index (χ0v) is 9.69. The molecule has 0 rings (SSSR count). The predicted molar refractivity (Wildman–Crippen MR) is 49.6 cm³/mol. The second kappa shape index (κ2) is 13.6. The molecule has 0 saturated carbocycles. The first-order valence-electron chi connectivity index (χ1n) is 3.83.